The highest BCUT2D eigenvalue weighted by molar-refractivity contribution is 5.91. The van der Waals surface area contributed by atoms with Crippen LogP contribution < -0.4 is 5.32 Å². The molecule has 0 aromatic carbocycles. The third kappa shape index (κ3) is 1.11. The lowest BCUT2D eigenvalue weighted by Crippen LogP contribution is -2.16. The van der Waals surface area contributed by atoms with E-state index < -0.39 is 5.91 Å². The molecule has 5 nitrogen and oxygen atoms in total. The predicted molar refractivity (Wildman–Crippen MR) is 29.6 cm³/mol. The average molecular weight is 137 g/mol. The number of carbonyl (C=O) groups is 1. The van der Waals surface area contributed by atoms with Crippen LogP contribution in [-0.4, -0.2) is 10.9 Å². The van der Waals surface area contributed by atoms with Crippen LogP contribution in [0.3, 0.4) is 0 Å². The summed E-state index contributed by atoms with van der Waals surface area (Å²) in [7, 11) is 0. The summed E-state index contributed by atoms with van der Waals surface area (Å²) in [5.74, 6) is -0.554. The Kier molecular flexibility index (Phi) is 1.66. The number of amides is 1. The Bertz CT molecular complexity index is 259. The van der Waals surface area contributed by atoms with Crippen molar-refractivity contribution >= 4 is 5.91 Å². The molecule has 1 aromatic heterocycles. The van der Waals surface area contributed by atoms with Gasteiger partial charge < -0.3 is 4.42 Å². The maximum absolute atomic E-state index is 10.6. The van der Waals surface area contributed by atoms with E-state index in [1.165, 1.54) is 12.4 Å². The molecule has 10 heavy (non-hydrogen) atoms. The fraction of sp³-hybridized carbons (Fsp3) is 0. The Labute approximate surface area is 56.3 Å². The van der Waals surface area contributed by atoms with Gasteiger partial charge in [-0.1, -0.05) is 0 Å². The molecule has 0 aliphatic carbocycles. The third-order valence-electron chi connectivity index (χ3n) is 0.826. The lowest BCUT2D eigenvalue weighted by Gasteiger charge is -1.86. The second kappa shape index (κ2) is 2.64. The van der Waals surface area contributed by atoms with Crippen molar-refractivity contribution in [1.82, 2.24) is 10.3 Å². The van der Waals surface area contributed by atoms with E-state index in [0.29, 0.717) is 0 Å². The van der Waals surface area contributed by atoms with E-state index in [4.69, 9.17) is 5.26 Å². The van der Waals surface area contributed by atoms with Gasteiger partial charge in [-0.25, -0.2) is 4.98 Å². The molecule has 0 spiro atoms. The summed E-state index contributed by atoms with van der Waals surface area (Å²) < 4.78 is 4.57. The highest BCUT2D eigenvalue weighted by Gasteiger charge is 2.06. The number of nitrogens with one attached hydrogen (secondary N) is 1. The van der Waals surface area contributed by atoms with Crippen molar-refractivity contribution < 1.29 is 9.21 Å². The smallest absolute Gasteiger partial charge is 0.301 e. The minimum absolute atomic E-state index is 0.0292. The first-order valence-electron chi connectivity index (χ1n) is 2.42. The molecule has 0 saturated heterocycles. The number of nitriles is 1. The first-order chi connectivity index (χ1) is 4.84. The maximum Gasteiger partial charge on any atom is 0.301 e. The fourth-order valence-electron chi connectivity index (χ4n) is 0.440. The molecule has 0 saturated carbocycles. The van der Waals surface area contributed by atoms with Crippen molar-refractivity contribution in [2.75, 3.05) is 0 Å². The number of carbonyl (C=O) groups excluding carboxylic acids is 1. The second-order valence-electron chi connectivity index (χ2n) is 1.43. The number of oxazole rings is 1. The van der Waals surface area contributed by atoms with E-state index >= 15 is 0 Å². The van der Waals surface area contributed by atoms with Crippen LogP contribution in [0.15, 0.2) is 17.0 Å². The fourth-order valence-corrected chi connectivity index (χ4v) is 0.440. The van der Waals surface area contributed by atoms with E-state index in [9.17, 15) is 4.79 Å². The molecule has 1 N–H and O–H groups in total. The van der Waals surface area contributed by atoms with Crippen LogP contribution in [0.1, 0.15) is 10.6 Å². The van der Waals surface area contributed by atoms with Crippen molar-refractivity contribution in [3.63, 3.8) is 0 Å². The summed E-state index contributed by atoms with van der Waals surface area (Å²) in [5.41, 5.74) is 0. The molecule has 5 heteroatoms. The molecular formula is C5H3N3O2. The Morgan fingerprint density at radius 3 is 3.20 bits per heavy atom. The monoisotopic (exact) mass is 137 g/mol. The third-order valence-corrected chi connectivity index (χ3v) is 0.826. The number of rotatable bonds is 1. The zero-order valence-corrected chi connectivity index (χ0v) is 4.87. The Morgan fingerprint density at radius 1 is 1.90 bits per heavy atom. The van der Waals surface area contributed by atoms with Crippen LogP contribution in [0.5, 0.6) is 0 Å². The molecule has 0 aliphatic rings. The molecule has 1 heterocycles. The van der Waals surface area contributed by atoms with Crippen molar-refractivity contribution in [3.8, 4) is 6.19 Å². The molecule has 0 radical (unpaired) electrons. The molecule has 0 atom stereocenters. The van der Waals surface area contributed by atoms with Crippen LogP contribution in [-0.2, 0) is 0 Å². The van der Waals surface area contributed by atoms with Crippen molar-refractivity contribution in [3.05, 3.63) is 18.4 Å². The largest absolute Gasteiger partial charge is 0.438 e. The number of hydrogen-bond donors (Lipinski definition) is 1. The lowest BCUT2D eigenvalue weighted by atomic mass is 10.5. The Morgan fingerprint density at radius 2 is 2.70 bits per heavy atom. The number of nitrogens with zero attached hydrogens (tertiary/aromatic N) is 2. The van der Waals surface area contributed by atoms with E-state index in [-0.39, 0.29) is 5.76 Å². The summed E-state index contributed by atoms with van der Waals surface area (Å²) in [5, 5.41) is 9.87. The molecule has 0 unspecified atom stereocenters. The standard InChI is InChI=1S/C5H3N3O2/c6-2-8-5(9)4-1-7-3-10-4/h1,3H,(H,8,9). The molecule has 0 aliphatic heterocycles. The molecule has 0 fully saturated rings. The van der Waals surface area contributed by atoms with Crippen LogP contribution in [0.25, 0.3) is 0 Å². The SMILES string of the molecule is N#CNC(=O)c1cnco1. The van der Waals surface area contributed by atoms with Gasteiger partial charge in [-0.2, -0.15) is 5.26 Å². The summed E-state index contributed by atoms with van der Waals surface area (Å²) >= 11 is 0. The van der Waals surface area contributed by atoms with Gasteiger partial charge in [0.2, 0.25) is 5.76 Å². The van der Waals surface area contributed by atoms with Crippen molar-refractivity contribution in [2.45, 2.75) is 0 Å². The molecule has 50 valence electrons. The van der Waals surface area contributed by atoms with Gasteiger partial charge in [-0.3, -0.25) is 10.1 Å². The number of hydrogen-bond acceptors (Lipinski definition) is 4. The van der Waals surface area contributed by atoms with E-state index in [1.54, 1.807) is 0 Å². The Balaban J connectivity index is 2.71. The molecule has 1 rings (SSSR count). The van der Waals surface area contributed by atoms with E-state index in [2.05, 4.69) is 9.40 Å². The van der Waals surface area contributed by atoms with Crippen LogP contribution in [0.2, 0.25) is 0 Å². The zero-order chi connectivity index (χ0) is 7.40. The minimum atomic E-state index is -0.583. The first-order valence-corrected chi connectivity index (χ1v) is 2.42. The molecular weight excluding hydrogens is 134 g/mol. The molecule has 1 amide bonds. The van der Waals surface area contributed by atoms with Crippen molar-refractivity contribution in [1.29, 1.82) is 5.26 Å². The Hall–Kier alpha value is -1.83. The predicted octanol–water partition coefficient (Wildman–Crippen LogP) is -0.115. The maximum atomic E-state index is 10.6. The highest BCUT2D eigenvalue weighted by atomic mass is 16.3. The van der Waals surface area contributed by atoms with Gasteiger partial charge in [0.05, 0.1) is 6.20 Å². The average Bonchev–Trinajstić information content (AvgIpc) is 2.38. The van der Waals surface area contributed by atoms with Gasteiger partial charge >= 0.3 is 5.91 Å². The van der Waals surface area contributed by atoms with E-state index in [0.717, 1.165) is 6.39 Å². The normalized spacial score (nSPS) is 8.30. The van der Waals surface area contributed by atoms with Gasteiger partial charge in [0.25, 0.3) is 0 Å². The highest BCUT2D eigenvalue weighted by Crippen LogP contribution is 1.94. The zero-order valence-electron chi connectivity index (χ0n) is 4.87. The van der Waals surface area contributed by atoms with Gasteiger partial charge in [0, 0.05) is 0 Å². The number of aromatic nitrogens is 1. The van der Waals surface area contributed by atoms with Crippen LogP contribution >= 0.6 is 0 Å². The van der Waals surface area contributed by atoms with Gasteiger partial charge in [-0.15, -0.1) is 0 Å². The molecule has 1 aromatic rings. The first kappa shape index (κ1) is 6.29. The van der Waals surface area contributed by atoms with Gasteiger partial charge in [0.15, 0.2) is 12.6 Å². The van der Waals surface area contributed by atoms with Crippen molar-refractivity contribution in [2.24, 2.45) is 0 Å². The quantitative estimate of drug-likeness (QED) is 0.432. The summed E-state index contributed by atoms with van der Waals surface area (Å²) in [6, 6.07) is 0. The second-order valence-corrected chi connectivity index (χ2v) is 1.43. The van der Waals surface area contributed by atoms with Crippen LogP contribution in [0.4, 0.5) is 0 Å². The summed E-state index contributed by atoms with van der Waals surface area (Å²) in [6.07, 6.45) is 3.81. The van der Waals surface area contributed by atoms with Gasteiger partial charge in [0.1, 0.15) is 0 Å². The topological polar surface area (TPSA) is 78.9 Å². The summed E-state index contributed by atoms with van der Waals surface area (Å²) in [6.45, 7) is 0. The molecule has 0 bridgehead atoms. The summed E-state index contributed by atoms with van der Waals surface area (Å²) in [4.78, 5) is 14.1. The minimum Gasteiger partial charge on any atom is -0.438 e. The lowest BCUT2D eigenvalue weighted by molar-refractivity contribution is 0.0945. The van der Waals surface area contributed by atoms with E-state index in [1.807, 2.05) is 5.32 Å². The van der Waals surface area contributed by atoms with Crippen LogP contribution in [0, 0.1) is 11.5 Å². The van der Waals surface area contributed by atoms with Gasteiger partial charge in [-0.05, 0) is 0 Å².